The molecule has 0 fully saturated rings. The topological polar surface area (TPSA) is 49.9 Å². The van der Waals surface area contributed by atoms with Crippen molar-refractivity contribution in [2.45, 2.75) is 47.5 Å². The minimum atomic E-state index is -0.139. The summed E-state index contributed by atoms with van der Waals surface area (Å²) in [7, 11) is 0. The second-order valence-electron chi connectivity index (χ2n) is 3.66. The second-order valence-corrected chi connectivity index (χ2v) is 3.66. The summed E-state index contributed by atoms with van der Waals surface area (Å²) in [6.07, 6.45) is 2.64. The Labute approximate surface area is 70.7 Å². The lowest BCUT2D eigenvalue weighted by atomic mass is 9.96. The van der Waals surface area contributed by atoms with Gasteiger partial charge in [0.05, 0.1) is 5.84 Å². The van der Waals surface area contributed by atoms with Gasteiger partial charge in [-0.05, 0) is 0 Å². The summed E-state index contributed by atoms with van der Waals surface area (Å²) in [4.78, 5) is 0. The van der Waals surface area contributed by atoms with Crippen LogP contribution in [0.3, 0.4) is 0 Å². The smallest absolute Gasteiger partial charge is 0.0960 e. The molecular formula is C9H22N2. The van der Waals surface area contributed by atoms with Gasteiger partial charge in [0.25, 0.3) is 0 Å². The molecule has 0 spiro atoms. The highest BCUT2D eigenvalue weighted by Gasteiger charge is 2.12. The van der Waals surface area contributed by atoms with Crippen LogP contribution in [-0.4, -0.2) is 5.84 Å². The van der Waals surface area contributed by atoms with Gasteiger partial charge < -0.3 is 5.73 Å². The minimum absolute atomic E-state index is 0.139. The Bertz CT molecular complexity index is 98.6. The van der Waals surface area contributed by atoms with E-state index in [1.807, 2.05) is 20.8 Å². The fourth-order valence-electron chi connectivity index (χ4n) is 0. The lowest BCUT2D eigenvalue weighted by Crippen LogP contribution is -2.27. The third kappa shape index (κ3) is 12.6. The van der Waals surface area contributed by atoms with Gasteiger partial charge in [0.2, 0.25) is 0 Å². The number of hydrogen-bond donors (Lipinski definition) is 2. The Morgan fingerprint density at radius 2 is 1.36 bits per heavy atom. The van der Waals surface area contributed by atoms with Gasteiger partial charge in [-0.1, -0.05) is 47.5 Å². The molecule has 0 aromatic carbocycles. The van der Waals surface area contributed by atoms with Crippen molar-refractivity contribution < 1.29 is 0 Å². The summed E-state index contributed by atoms with van der Waals surface area (Å²) in [5.74, 6) is 0.243. The molecule has 68 valence electrons. The van der Waals surface area contributed by atoms with Crippen molar-refractivity contribution in [2.75, 3.05) is 0 Å². The van der Waals surface area contributed by atoms with E-state index >= 15 is 0 Å². The Hall–Kier alpha value is -0.530. The Morgan fingerprint density at radius 1 is 1.18 bits per heavy atom. The molecular weight excluding hydrogens is 136 g/mol. The molecule has 0 aromatic rings. The van der Waals surface area contributed by atoms with Gasteiger partial charge in [0, 0.05) is 5.41 Å². The lowest BCUT2D eigenvalue weighted by Gasteiger charge is -2.14. The van der Waals surface area contributed by atoms with Gasteiger partial charge in [-0.2, -0.15) is 0 Å². The number of nitrogens with two attached hydrogens (primary N) is 1. The molecule has 0 aliphatic rings. The zero-order valence-corrected chi connectivity index (χ0v) is 8.49. The van der Waals surface area contributed by atoms with E-state index in [-0.39, 0.29) is 11.3 Å². The number of rotatable bonds is 1. The minimum Gasteiger partial charge on any atom is -0.387 e. The molecule has 3 N–H and O–H groups in total. The van der Waals surface area contributed by atoms with Gasteiger partial charge in [-0.3, -0.25) is 5.41 Å². The Morgan fingerprint density at radius 3 is 1.36 bits per heavy atom. The third-order valence-electron chi connectivity index (χ3n) is 1.31. The molecule has 0 amide bonds. The van der Waals surface area contributed by atoms with Gasteiger partial charge in [-0.25, -0.2) is 0 Å². The Kier molecular flexibility index (Phi) is 7.37. The SMILES string of the molecule is CC(C)(C)C(=N)N.CCCC. The van der Waals surface area contributed by atoms with Crippen LogP contribution in [0, 0.1) is 10.8 Å². The van der Waals surface area contributed by atoms with Crippen LogP contribution in [0.25, 0.3) is 0 Å². The van der Waals surface area contributed by atoms with Gasteiger partial charge >= 0.3 is 0 Å². The molecule has 2 heteroatoms. The predicted octanol–water partition coefficient (Wildman–Crippen LogP) is 2.77. The standard InChI is InChI=1S/C5H12N2.C4H10/c1-5(2,3)4(6)7;1-3-4-2/h1-3H3,(H3,6,7);3-4H2,1-2H3. The highest BCUT2D eigenvalue weighted by atomic mass is 14.7. The Balaban J connectivity index is 0. The maximum Gasteiger partial charge on any atom is 0.0960 e. The molecule has 0 unspecified atom stereocenters. The number of unbranched alkanes of at least 4 members (excludes halogenated alkanes) is 1. The summed E-state index contributed by atoms with van der Waals surface area (Å²) in [6, 6.07) is 0. The second kappa shape index (κ2) is 6.20. The number of hydrogen-bond acceptors (Lipinski definition) is 1. The van der Waals surface area contributed by atoms with Crippen molar-refractivity contribution in [3.63, 3.8) is 0 Å². The molecule has 0 bridgehead atoms. The molecule has 11 heavy (non-hydrogen) atoms. The predicted molar refractivity (Wildman–Crippen MR) is 52.0 cm³/mol. The molecule has 0 rings (SSSR count). The summed E-state index contributed by atoms with van der Waals surface area (Å²) in [5.41, 5.74) is 5.01. The van der Waals surface area contributed by atoms with Crippen molar-refractivity contribution in [1.82, 2.24) is 0 Å². The summed E-state index contributed by atoms with van der Waals surface area (Å²) < 4.78 is 0. The van der Waals surface area contributed by atoms with Crippen LogP contribution in [0.5, 0.6) is 0 Å². The molecule has 0 saturated heterocycles. The monoisotopic (exact) mass is 158 g/mol. The van der Waals surface area contributed by atoms with Crippen molar-refractivity contribution in [3.05, 3.63) is 0 Å². The first-order valence-electron chi connectivity index (χ1n) is 4.20. The van der Waals surface area contributed by atoms with Crippen LogP contribution in [0.15, 0.2) is 0 Å². The van der Waals surface area contributed by atoms with E-state index in [2.05, 4.69) is 13.8 Å². The average Bonchev–Trinajstić information content (AvgIpc) is 1.87. The van der Waals surface area contributed by atoms with Crippen LogP contribution < -0.4 is 5.73 Å². The summed E-state index contributed by atoms with van der Waals surface area (Å²) in [6.45, 7) is 10.1. The zero-order valence-electron chi connectivity index (χ0n) is 8.49. The number of nitrogens with one attached hydrogen (secondary N) is 1. The van der Waals surface area contributed by atoms with Crippen molar-refractivity contribution in [2.24, 2.45) is 11.1 Å². The third-order valence-corrected chi connectivity index (χ3v) is 1.31. The maximum atomic E-state index is 6.92. The van der Waals surface area contributed by atoms with Crippen LogP contribution in [0.4, 0.5) is 0 Å². The van der Waals surface area contributed by atoms with Gasteiger partial charge in [0.15, 0.2) is 0 Å². The van der Waals surface area contributed by atoms with Crippen LogP contribution in [0.1, 0.15) is 47.5 Å². The molecule has 0 radical (unpaired) electrons. The van der Waals surface area contributed by atoms with E-state index in [0.717, 1.165) is 0 Å². The highest BCUT2D eigenvalue weighted by molar-refractivity contribution is 5.82. The quantitative estimate of drug-likeness (QED) is 0.447. The molecule has 0 aliphatic heterocycles. The lowest BCUT2D eigenvalue weighted by molar-refractivity contribution is 0.581. The van der Waals surface area contributed by atoms with Crippen molar-refractivity contribution >= 4 is 5.84 Å². The summed E-state index contributed by atoms with van der Waals surface area (Å²) >= 11 is 0. The molecule has 0 aromatic heterocycles. The van der Waals surface area contributed by atoms with E-state index in [9.17, 15) is 0 Å². The first-order valence-corrected chi connectivity index (χ1v) is 4.20. The van der Waals surface area contributed by atoms with Crippen molar-refractivity contribution in [1.29, 1.82) is 5.41 Å². The first kappa shape index (κ1) is 13.1. The van der Waals surface area contributed by atoms with Gasteiger partial charge in [0.1, 0.15) is 0 Å². The molecule has 0 aliphatic carbocycles. The van der Waals surface area contributed by atoms with Gasteiger partial charge in [-0.15, -0.1) is 0 Å². The zero-order chi connectivity index (χ0) is 9.49. The average molecular weight is 158 g/mol. The van der Waals surface area contributed by atoms with E-state index in [1.165, 1.54) is 12.8 Å². The van der Waals surface area contributed by atoms with Crippen molar-refractivity contribution in [3.8, 4) is 0 Å². The normalized spacial score (nSPS) is 9.91. The molecule has 2 nitrogen and oxygen atoms in total. The van der Waals surface area contributed by atoms with E-state index in [0.29, 0.717) is 0 Å². The van der Waals surface area contributed by atoms with E-state index in [4.69, 9.17) is 11.1 Å². The summed E-state index contributed by atoms with van der Waals surface area (Å²) in [5, 5.41) is 6.92. The highest BCUT2D eigenvalue weighted by Crippen LogP contribution is 2.10. The largest absolute Gasteiger partial charge is 0.387 e. The van der Waals surface area contributed by atoms with Crippen LogP contribution >= 0.6 is 0 Å². The molecule has 0 saturated carbocycles. The molecule has 0 heterocycles. The van der Waals surface area contributed by atoms with Crippen LogP contribution in [-0.2, 0) is 0 Å². The van der Waals surface area contributed by atoms with E-state index < -0.39 is 0 Å². The fraction of sp³-hybridized carbons (Fsp3) is 0.889. The first-order chi connectivity index (χ1) is 4.86. The van der Waals surface area contributed by atoms with E-state index in [1.54, 1.807) is 0 Å². The van der Waals surface area contributed by atoms with Crippen LogP contribution in [0.2, 0.25) is 0 Å². The fourth-order valence-corrected chi connectivity index (χ4v) is 0. The maximum absolute atomic E-state index is 6.92. The molecule has 0 atom stereocenters. The number of amidine groups is 1.